The smallest absolute Gasteiger partial charge is 0.337 e. The molecule has 1 N–H and O–H groups in total. The van der Waals surface area contributed by atoms with Crippen LogP contribution < -0.4 is 0 Å². The largest absolute Gasteiger partial charge is 0.416 e. The van der Waals surface area contributed by atoms with E-state index in [4.69, 9.17) is 23.8 Å². The topological polar surface area (TPSA) is 20.7 Å². The van der Waals surface area contributed by atoms with Gasteiger partial charge in [-0.3, -0.25) is 4.57 Å². The van der Waals surface area contributed by atoms with Crippen molar-refractivity contribution in [1.82, 2.24) is 9.55 Å². The molecule has 1 heterocycles. The van der Waals surface area contributed by atoms with E-state index in [0.717, 1.165) is 17.8 Å². The van der Waals surface area contributed by atoms with Gasteiger partial charge in [-0.25, -0.2) is 0 Å². The molecule has 0 aliphatic heterocycles. The maximum absolute atomic E-state index is 12.8. The fourth-order valence-electron chi connectivity index (χ4n) is 1.94. The second kappa shape index (κ2) is 5.26. The number of benzene rings is 1. The lowest BCUT2D eigenvalue weighted by molar-refractivity contribution is -0.137. The predicted octanol–water partition coefficient (Wildman–Crippen LogP) is 5.33. The molecule has 0 aliphatic rings. The second-order valence-corrected chi connectivity index (χ2v) is 5.53. The summed E-state index contributed by atoms with van der Waals surface area (Å²) in [6.07, 6.45) is -2.75. The van der Waals surface area contributed by atoms with Crippen LogP contribution in [0.5, 0.6) is 0 Å². The molecule has 20 heavy (non-hydrogen) atoms. The van der Waals surface area contributed by atoms with Crippen LogP contribution in [0.15, 0.2) is 24.4 Å². The fourth-order valence-corrected chi connectivity index (χ4v) is 2.44. The van der Waals surface area contributed by atoms with Crippen LogP contribution in [0, 0.1) is 4.77 Å². The van der Waals surface area contributed by atoms with Crippen LogP contribution in [0.2, 0.25) is 5.02 Å². The molecule has 1 aromatic carbocycles. The average molecular weight is 321 g/mol. The Kier molecular flexibility index (Phi) is 3.97. The molecule has 0 spiro atoms. The number of aromatic nitrogens is 2. The van der Waals surface area contributed by atoms with Gasteiger partial charge < -0.3 is 4.98 Å². The van der Waals surface area contributed by atoms with Crippen molar-refractivity contribution < 1.29 is 13.2 Å². The van der Waals surface area contributed by atoms with E-state index >= 15 is 0 Å². The Labute approximate surface area is 124 Å². The second-order valence-electron chi connectivity index (χ2n) is 4.70. The number of aromatic amines is 1. The van der Waals surface area contributed by atoms with E-state index in [0.29, 0.717) is 10.5 Å². The summed E-state index contributed by atoms with van der Waals surface area (Å²) in [4.78, 5) is 2.85. The molecule has 1 aromatic heterocycles. The van der Waals surface area contributed by atoms with Crippen molar-refractivity contribution in [3.8, 4) is 5.69 Å². The van der Waals surface area contributed by atoms with E-state index in [-0.39, 0.29) is 10.9 Å². The van der Waals surface area contributed by atoms with Crippen LogP contribution >= 0.6 is 23.8 Å². The number of rotatable bonds is 2. The Hall–Kier alpha value is -1.27. The normalized spacial score (nSPS) is 12.2. The highest BCUT2D eigenvalue weighted by atomic mass is 35.5. The Morgan fingerprint density at radius 3 is 2.45 bits per heavy atom. The molecule has 0 unspecified atom stereocenters. The molecule has 108 valence electrons. The molecule has 0 radical (unpaired) electrons. The molecule has 0 saturated carbocycles. The van der Waals surface area contributed by atoms with Gasteiger partial charge in [0.2, 0.25) is 0 Å². The zero-order valence-electron chi connectivity index (χ0n) is 10.8. The van der Waals surface area contributed by atoms with E-state index in [1.54, 1.807) is 10.8 Å². The SMILES string of the molecule is CC(C)c1c[nH]c(=S)n1-c1cc(Cl)cc(C(F)(F)F)c1. The summed E-state index contributed by atoms with van der Waals surface area (Å²) < 4.78 is 40.5. The van der Waals surface area contributed by atoms with Gasteiger partial charge in [-0.05, 0) is 36.3 Å². The van der Waals surface area contributed by atoms with Crippen LogP contribution in [-0.2, 0) is 6.18 Å². The monoisotopic (exact) mass is 320 g/mol. The zero-order valence-corrected chi connectivity index (χ0v) is 12.3. The first-order valence-electron chi connectivity index (χ1n) is 5.88. The van der Waals surface area contributed by atoms with E-state index < -0.39 is 11.7 Å². The number of halogens is 4. The van der Waals surface area contributed by atoms with Gasteiger partial charge in [-0.2, -0.15) is 13.2 Å². The predicted molar refractivity (Wildman–Crippen MR) is 75.1 cm³/mol. The third-order valence-corrected chi connectivity index (χ3v) is 3.38. The molecule has 2 rings (SSSR count). The first-order valence-corrected chi connectivity index (χ1v) is 6.67. The first-order chi connectivity index (χ1) is 9.20. The summed E-state index contributed by atoms with van der Waals surface area (Å²) in [7, 11) is 0. The molecule has 0 amide bonds. The van der Waals surface area contributed by atoms with Crippen molar-refractivity contribution in [1.29, 1.82) is 0 Å². The highest BCUT2D eigenvalue weighted by molar-refractivity contribution is 7.71. The first kappa shape index (κ1) is 15.1. The standard InChI is InChI=1S/C13H12ClF3N2S/c1-7(2)11-6-18-12(20)19(11)10-4-8(13(15,16)17)3-9(14)5-10/h3-7H,1-2H3,(H,18,20). The molecule has 0 bridgehead atoms. The Bertz CT molecular complexity index is 686. The molecule has 0 fully saturated rings. The maximum Gasteiger partial charge on any atom is 0.416 e. The molecule has 2 nitrogen and oxygen atoms in total. The number of nitrogens with zero attached hydrogens (tertiary/aromatic N) is 1. The third-order valence-electron chi connectivity index (χ3n) is 2.86. The van der Waals surface area contributed by atoms with Crippen molar-refractivity contribution in [2.45, 2.75) is 25.9 Å². The highest BCUT2D eigenvalue weighted by Gasteiger charge is 2.31. The summed E-state index contributed by atoms with van der Waals surface area (Å²) in [5.74, 6) is 0.108. The fraction of sp³-hybridized carbons (Fsp3) is 0.308. The molecular weight excluding hydrogens is 309 g/mol. The van der Waals surface area contributed by atoms with Gasteiger partial charge in [0.15, 0.2) is 4.77 Å². The van der Waals surface area contributed by atoms with Crippen LogP contribution in [0.4, 0.5) is 13.2 Å². The van der Waals surface area contributed by atoms with Gasteiger partial charge in [0.1, 0.15) is 0 Å². The van der Waals surface area contributed by atoms with E-state index in [9.17, 15) is 13.2 Å². The van der Waals surface area contributed by atoms with Crippen molar-refractivity contribution in [2.24, 2.45) is 0 Å². The summed E-state index contributed by atoms with van der Waals surface area (Å²) >= 11 is 10.9. The Morgan fingerprint density at radius 2 is 1.90 bits per heavy atom. The van der Waals surface area contributed by atoms with Crippen molar-refractivity contribution in [3.63, 3.8) is 0 Å². The molecule has 0 aliphatic carbocycles. The lowest BCUT2D eigenvalue weighted by Crippen LogP contribution is -2.08. The molecule has 0 saturated heterocycles. The number of alkyl halides is 3. The molecule has 0 atom stereocenters. The molecule has 2 aromatic rings. The van der Waals surface area contributed by atoms with Crippen LogP contribution in [0.25, 0.3) is 5.69 Å². The Morgan fingerprint density at radius 1 is 1.25 bits per heavy atom. The average Bonchev–Trinajstić information content (AvgIpc) is 2.69. The minimum absolute atomic E-state index is 0.0210. The molecule has 7 heteroatoms. The minimum atomic E-state index is -4.45. The zero-order chi connectivity index (χ0) is 15.1. The van der Waals surface area contributed by atoms with Crippen LogP contribution in [0.1, 0.15) is 31.0 Å². The number of imidazole rings is 1. The minimum Gasteiger partial charge on any atom is -0.337 e. The van der Waals surface area contributed by atoms with Crippen molar-refractivity contribution in [2.75, 3.05) is 0 Å². The molecular formula is C13H12ClF3N2S. The lowest BCUT2D eigenvalue weighted by Gasteiger charge is -2.14. The highest BCUT2D eigenvalue weighted by Crippen LogP contribution is 2.33. The van der Waals surface area contributed by atoms with Gasteiger partial charge in [0, 0.05) is 16.9 Å². The summed E-state index contributed by atoms with van der Waals surface area (Å²) in [5, 5.41) is 0.0210. The summed E-state index contributed by atoms with van der Waals surface area (Å²) in [6.45, 7) is 3.87. The van der Waals surface area contributed by atoms with Crippen molar-refractivity contribution in [3.05, 3.63) is 45.4 Å². The Balaban J connectivity index is 2.68. The number of hydrogen-bond donors (Lipinski definition) is 1. The number of nitrogens with one attached hydrogen (secondary N) is 1. The summed E-state index contributed by atoms with van der Waals surface area (Å²) in [5.41, 5.74) is 0.308. The van der Waals surface area contributed by atoms with E-state index in [1.165, 1.54) is 6.07 Å². The van der Waals surface area contributed by atoms with Gasteiger partial charge in [0.05, 0.1) is 11.3 Å². The summed E-state index contributed by atoms with van der Waals surface area (Å²) in [6, 6.07) is 3.41. The van der Waals surface area contributed by atoms with Crippen molar-refractivity contribution >= 4 is 23.8 Å². The van der Waals surface area contributed by atoms with Gasteiger partial charge in [-0.1, -0.05) is 25.4 Å². The number of hydrogen-bond acceptors (Lipinski definition) is 1. The third kappa shape index (κ3) is 2.91. The lowest BCUT2D eigenvalue weighted by atomic mass is 10.1. The quantitative estimate of drug-likeness (QED) is 0.742. The number of H-pyrrole nitrogens is 1. The van der Waals surface area contributed by atoms with Crippen LogP contribution in [0.3, 0.4) is 0 Å². The van der Waals surface area contributed by atoms with Gasteiger partial charge in [0.25, 0.3) is 0 Å². The van der Waals surface area contributed by atoms with E-state index in [2.05, 4.69) is 4.98 Å². The van der Waals surface area contributed by atoms with E-state index in [1.807, 2.05) is 13.8 Å². The van der Waals surface area contributed by atoms with Crippen LogP contribution in [-0.4, -0.2) is 9.55 Å². The maximum atomic E-state index is 12.8. The van der Waals surface area contributed by atoms with Gasteiger partial charge in [-0.15, -0.1) is 0 Å². The van der Waals surface area contributed by atoms with Gasteiger partial charge >= 0.3 is 6.18 Å².